The van der Waals surface area contributed by atoms with Gasteiger partial charge in [-0.1, -0.05) is 17.7 Å². The predicted octanol–water partition coefficient (Wildman–Crippen LogP) is 2.15. The third-order valence-electron chi connectivity index (χ3n) is 1.97. The number of phenolic OH excluding ortho intramolecular Hbond substituents is 1. The first-order chi connectivity index (χ1) is 7.07. The van der Waals surface area contributed by atoms with E-state index < -0.39 is 0 Å². The normalized spacial score (nSPS) is 11.3. The second-order valence-electron chi connectivity index (χ2n) is 3.22. The number of carbonyl (C=O) groups is 1. The minimum absolute atomic E-state index is 0.0130. The molecule has 0 bridgehead atoms. The average Bonchev–Trinajstić information content (AvgIpc) is 2.19. The van der Waals surface area contributed by atoms with E-state index in [2.05, 4.69) is 0 Å². The maximum absolute atomic E-state index is 10.5. The number of phenols is 1. The standard InChI is InChI=1S/C11H12ClNO2/c1-13(2)10(6-7-14)8-4-3-5-9(12)11(8)15/h3-7,15H,1-2H3/b10-6+. The van der Waals surface area contributed by atoms with Gasteiger partial charge in [-0.15, -0.1) is 0 Å². The first-order valence-corrected chi connectivity index (χ1v) is 4.76. The molecule has 4 heteroatoms. The van der Waals surface area contributed by atoms with Gasteiger partial charge >= 0.3 is 0 Å². The highest BCUT2D eigenvalue weighted by molar-refractivity contribution is 6.32. The molecule has 0 aliphatic heterocycles. The minimum atomic E-state index is -0.0130. The fourth-order valence-electron chi connectivity index (χ4n) is 1.27. The number of hydrogen-bond donors (Lipinski definition) is 1. The molecule has 0 aromatic heterocycles. The Labute approximate surface area is 93.6 Å². The summed E-state index contributed by atoms with van der Waals surface area (Å²) in [6, 6.07) is 5.02. The molecule has 0 saturated heterocycles. The lowest BCUT2D eigenvalue weighted by molar-refractivity contribution is -0.104. The van der Waals surface area contributed by atoms with Crippen LogP contribution in [0.2, 0.25) is 5.02 Å². The van der Waals surface area contributed by atoms with Crippen LogP contribution < -0.4 is 0 Å². The number of halogens is 1. The second-order valence-corrected chi connectivity index (χ2v) is 3.63. The Kier molecular flexibility index (Phi) is 3.74. The molecule has 1 aromatic rings. The van der Waals surface area contributed by atoms with Crippen LogP contribution in [0, 0.1) is 0 Å². The molecular formula is C11H12ClNO2. The van der Waals surface area contributed by atoms with Crippen LogP contribution in [0.25, 0.3) is 5.70 Å². The molecule has 0 atom stereocenters. The zero-order valence-corrected chi connectivity index (χ0v) is 9.32. The highest BCUT2D eigenvalue weighted by atomic mass is 35.5. The molecule has 15 heavy (non-hydrogen) atoms. The first kappa shape index (κ1) is 11.6. The van der Waals surface area contributed by atoms with Crippen molar-refractivity contribution in [3.63, 3.8) is 0 Å². The molecule has 0 radical (unpaired) electrons. The lowest BCUT2D eigenvalue weighted by Crippen LogP contribution is -2.10. The van der Waals surface area contributed by atoms with Crippen molar-refractivity contribution in [2.24, 2.45) is 0 Å². The van der Waals surface area contributed by atoms with Gasteiger partial charge in [0, 0.05) is 25.7 Å². The third-order valence-corrected chi connectivity index (χ3v) is 2.28. The molecule has 0 heterocycles. The van der Waals surface area contributed by atoms with Gasteiger partial charge in [-0.25, -0.2) is 0 Å². The van der Waals surface area contributed by atoms with Crippen LogP contribution in [0.15, 0.2) is 24.3 Å². The molecule has 1 rings (SSSR count). The summed E-state index contributed by atoms with van der Waals surface area (Å²) in [5.74, 6) is -0.0130. The van der Waals surface area contributed by atoms with Crippen LogP contribution in [0.1, 0.15) is 5.56 Å². The molecule has 0 unspecified atom stereocenters. The topological polar surface area (TPSA) is 40.5 Å². The highest BCUT2D eigenvalue weighted by Crippen LogP contribution is 2.32. The molecule has 80 valence electrons. The monoisotopic (exact) mass is 225 g/mol. The van der Waals surface area contributed by atoms with Gasteiger partial charge in [0.05, 0.1) is 10.7 Å². The van der Waals surface area contributed by atoms with Gasteiger partial charge in [-0.3, -0.25) is 4.79 Å². The highest BCUT2D eigenvalue weighted by Gasteiger charge is 2.11. The van der Waals surface area contributed by atoms with Crippen LogP contribution in [0.4, 0.5) is 0 Å². The Balaban J connectivity index is 3.29. The molecule has 0 fully saturated rings. The van der Waals surface area contributed by atoms with E-state index in [0.29, 0.717) is 17.5 Å². The summed E-state index contributed by atoms with van der Waals surface area (Å²) in [7, 11) is 3.57. The number of aromatic hydroxyl groups is 1. The quantitative estimate of drug-likeness (QED) is 0.633. The SMILES string of the molecule is CN(C)/C(=C/C=O)c1cccc(Cl)c1O. The number of aldehydes is 1. The maximum atomic E-state index is 10.5. The summed E-state index contributed by atoms with van der Waals surface area (Å²) in [5, 5.41) is 10.00. The van der Waals surface area contributed by atoms with Crippen molar-refractivity contribution in [3.8, 4) is 5.75 Å². The van der Waals surface area contributed by atoms with Gasteiger partial charge in [0.2, 0.25) is 0 Å². The van der Waals surface area contributed by atoms with Gasteiger partial charge in [0.1, 0.15) is 12.0 Å². The largest absolute Gasteiger partial charge is 0.506 e. The van der Waals surface area contributed by atoms with E-state index in [4.69, 9.17) is 11.6 Å². The fourth-order valence-corrected chi connectivity index (χ4v) is 1.44. The molecule has 0 amide bonds. The van der Waals surface area contributed by atoms with Crippen molar-refractivity contribution in [2.75, 3.05) is 14.1 Å². The van der Waals surface area contributed by atoms with Gasteiger partial charge in [-0.2, -0.15) is 0 Å². The fraction of sp³-hybridized carbons (Fsp3) is 0.182. The second kappa shape index (κ2) is 4.84. The van der Waals surface area contributed by atoms with E-state index in [1.54, 1.807) is 37.2 Å². The molecule has 1 aromatic carbocycles. The lowest BCUT2D eigenvalue weighted by atomic mass is 10.1. The Morgan fingerprint density at radius 2 is 2.13 bits per heavy atom. The third kappa shape index (κ3) is 2.50. The number of para-hydroxylation sites is 1. The zero-order valence-electron chi connectivity index (χ0n) is 8.57. The van der Waals surface area contributed by atoms with Gasteiger partial charge < -0.3 is 10.0 Å². The summed E-state index contributed by atoms with van der Waals surface area (Å²) in [4.78, 5) is 12.2. The smallest absolute Gasteiger partial charge is 0.144 e. The van der Waals surface area contributed by atoms with Gasteiger partial charge in [0.25, 0.3) is 0 Å². The van der Waals surface area contributed by atoms with Gasteiger partial charge in [-0.05, 0) is 12.1 Å². The molecular weight excluding hydrogens is 214 g/mol. The van der Waals surface area contributed by atoms with E-state index in [0.717, 1.165) is 0 Å². The minimum Gasteiger partial charge on any atom is -0.506 e. The number of rotatable bonds is 3. The number of carbonyl (C=O) groups excluding carboxylic acids is 1. The van der Waals surface area contributed by atoms with Crippen molar-refractivity contribution >= 4 is 23.6 Å². The van der Waals surface area contributed by atoms with Crippen LogP contribution in [-0.4, -0.2) is 30.4 Å². The lowest BCUT2D eigenvalue weighted by Gasteiger charge is -2.18. The summed E-state index contributed by atoms with van der Waals surface area (Å²) in [6.45, 7) is 0. The van der Waals surface area contributed by atoms with Crippen molar-refractivity contribution in [3.05, 3.63) is 34.9 Å². The van der Waals surface area contributed by atoms with Crippen LogP contribution in [0.3, 0.4) is 0 Å². The number of hydrogen-bond acceptors (Lipinski definition) is 3. The van der Waals surface area contributed by atoms with Crippen molar-refractivity contribution < 1.29 is 9.90 Å². The van der Waals surface area contributed by atoms with Crippen molar-refractivity contribution in [1.82, 2.24) is 4.90 Å². The first-order valence-electron chi connectivity index (χ1n) is 4.38. The van der Waals surface area contributed by atoms with E-state index in [1.165, 1.54) is 6.08 Å². The predicted molar refractivity (Wildman–Crippen MR) is 60.8 cm³/mol. The van der Waals surface area contributed by atoms with Crippen LogP contribution >= 0.6 is 11.6 Å². The zero-order chi connectivity index (χ0) is 11.4. The number of allylic oxidation sites excluding steroid dienone is 1. The van der Waals surface area contributed by atoms with Crippen LogP contribution in [-0.2, 0) is 4.79 Å². The van der Waals surface area contributed by atoms with Crippen molar-refractivity contribution in [1.29, 1.82) is 0 Å². The Morgan fingerprint density at radius 1 is 1.47 bits per heavy atom. The molecule has 0 spiro atoms. The Morgan fingerprint density at radius 3 is 2.67 bits per heavy atom. The van der Waals surface area contributed by atoms with E-state index in [1.807, 2.05) is 0 Å². The molecule has 0 aliphatic carbocycles. The van der Waals surface area contributed by atoms with E-state index in [-0.39, 0.29) is 10.8 Å². The molecule has 0 aliphatic rings. The van der Waals surface area contributed by atoms with Crippen LogP contribution in [0.5, 0.6) is 5.75 Å². The van der Waals surface area contributed by atoms with E-state index >= 15 is 0 Å². The van der Waals surface area contributed by atoms with E-state index in [9.17, 15) is 9.90 Å². The number of benzene rings is 1. The summed E-state index contributed by atoms with van der Waals surface area (Å²) >= 11 is 5.78. The molecule has 0 saturated carbocycles. The summed E-state index contributed by atoms with van der Waals surface area (Å²) in [6.07, 6.45) is 2.06. The number of nitrogens with zero attached hydrogens (tertiary/aromatic N) is 1. The Hall–Kier alpha value is -1.48. The summed E-state index contributed by atoms with van der Waals surface area (Å²) in [5.41, 5.74) is 1.16. The Bertz CT molecular complexity index is 400. The molecule has 3 nitrogen and oxygen atoms in total. The van der Waals surface area contributed by atoms with Crippen molar-refractivity contribution in [2.45, 2.75) is 0 Å². The average molecular weight is 226 g/mol. The summed E-state index contributed by atoms with van der Waals surface area (Å²) < 4.78 is 0. The van der Waals surface area contributed by atoms with Gasteiger partial charge in [0.15, 0.2) is 0 Å². The maximum Gasteiger partial charge on any atom is 0.144 e. The molecule has 1 N–H and O–H groups in total.